The lowest BCUT2D eigenvalue weighted by molar-refractivity contribution is 0.242. The fraction of sp³-hybridized carbons (Fsp3) is 0.294. The van der Waals surface area contributed by atoms with Crippen LogP contribution in [0.2, 0.25) is 0 Å². The highest BCUT2D eigenvalue weighted by Crippen LogP contribution is 2.32. The molecule has 1 aliphatic heterocycles. The molecule has 0 bridgehead atoms. The van der Waals surface area contributed by atoms with Gasteiger partial charge in [0.05, 0.1) is 6.10 Å². The maximum atomic E-state index is 6.00. The maximum absolute atomic E-state index is 6.00. The van der Waals surface area contributed by atoms with Crippen LogP contribution in [0.25, 0.3) is 0 Å². The number of fused-ring (bicyclic) bond motifs is 1. The molecule has 3 nitrogen and oxygen atoms in total. The summed E-state index contributed by atoms with van der Waals surface area (Å²) in [6.45, 7) is 5.91. The first-order valence-electron chi connectivity index (χ1n) is 7.01. The molecule has 0 aliphatic carbocycles. The van der Waals surface area contributed by atoms with Gasteiger partial charge in [-0.3, -0.25) is 0 Å². The molecule has 0 unspecified atom stereocenters. The van der Waals surface area contributed by atoms with Crippen molar-refractivity contribution < 1.29 is 4.74 Å². The lowest BCUT2D eigenvalue weighted by Gasteiger charge is -2.20. The first-order valence-corrected chi connectivity index (χ1v) is 7.01. The smallest absolute Gasteiger partial charge is 0.123 e. The van der Waals surface area contributed by atoms with Crippen LogP contribution in [0.5, 0.6) is 5.75 Å². The van der Waals surface area contributed by atoms with Gasteiger partial charge in [0.1, 0.15) is 5.75 Å². The Morgan fingerprint density at radius 1 is 1.05 bits per heavy atom. The minimum atomic E-state index is 0.153. The van der Waals surface area contributed by atoms with Crippen molar-refractivity contribution in [1.29, 1.82) is 0 Å². The topological polar surface area (TPSA) is 38.5 Å². The van der Waals surface area contributed by atoms with Gasteiger partial charge in [-0.05, 0) is 31.0 Å². The molecule has 0 fully saturated rings. The van der Waals surface area contributed by atoms with E-state index in [1.54, 1.807) is 0 Å². The lowest BCUT2D eigenvalue weighted by atomic mass is 10.1. The van der Waals surface area contributed by atoms with Crippen molar-refractivity contribution in [2.24, 2.45) is 0 Å². The summed E-state index contributed by atoms with van der Waals surface area (Å²) in [5.74, 6) is 0.839. The lowest BCUT2D eigenvalue weighted by Crippen LogP contribution is -2.15. The van der Waals surface area contributed by atoms with E-state index in [2.05, 4.69) is 35.2 Å². The van der Waals surface area contributed by atoms with Gasteiger partial charge in [0.2, 0.25) is 0 Å². The van der Waals surface area contributed by atoms with Gasteiger partial charge < -0.3 is 15.4 Å². The Bertz CT molecular complexity index is 597. The summed E-state index contributed by atoms with van der Waals surface area (Å²) < 4.78 is 5.77. The van der Waals surface area contributed by atoms with Crippen LogP contribution < -0.4 is 15.4 Å². The molecule has 1 aliphatic rings. The maximum Gasteiger partial charge on any atom is 0.123 e. The zero-order valence-electron chi connectivity index (χ0n) is 12.0. The average molecular weight is 268 g/mol. The SMILES string of the molecule is CC(C)Oc1cc(N)cc(N2Cc3ccccc3C2)c1. The van der Waals surface area contributed by atoms with Gasteiger partial charge in [-0.15, -0.1) is 0 Å². The summed E-state index contributed by atoms with van der Waals surface area (Å²) in [5, 5.41) is 0. The van der Waals surface area contributed by atoms with E-state index >= 15 is 0 Å². The van der Waals surface area contributed by atoms with Gasteiger partial charge in [-0.2, -0.15) is 0 Å². The molecule has 2 N–H and O–H groups in total. The number of hydrogen-bond donors (Lipinski definition) is 1. The molecule has 0 atom stereocenters. The minimum Gasteiger partial charge on any atom is -0.491 e. The number of nitrogens with zero attached hydrogens (tertiary/aromatic N) is 1. The summed E-state index contributed by atoms with van der Waals surface area (Å²) >= 11 is 0. The predicted molar refractivity (Wildman–Crippen MR) is 82.9 cm³/mol. The molecule has 0 saturated carbocycles. The van der Waals surface area contributed by atoms with E-state index in [-0.39, 0.29) is 6.10 Å². The average Bonchev–Trinajstić information content (AvgIpc) is 2.80. The second-order valence-corrected chi connectivity index (χ2v) is 5.55. The van der Waals surface area contributed by atoms with Gasteiger partial charge in [0.25, 0.3) is 0 Å². The standard InChI is InChI=1S/C17H20N2O/c1-12(2)20-17-8-15(18)7-16(9-17)19-10-13-5-3-4-6-14(13)11-19/h3-9,12H,10-11,18H2,1-2H3. The van der Waals surface area contributed by atoms with Crippen molar-refractivity contribution in [2.45, 2.75) is 33.0 Å². The van der Waals surface area contributed by atoms with Crippen LogP contribution in [0.3, 0.4) is 0 Å². The third-order valence-electron chi connectivity index (χ3n) is 3.49. The summed E-state index contributed by atoms with van der Waals surface area (Å²) in [7, 11) is 0. The number of nitrogens with two attached hydrogens (primary N) is 1. The normalized spacial score (nSPS) is 13.7. The Morgan fingerprint density at radius 3 is 2.30 bits per heavy atom. The van der Waals surface area contributed by atoms with Crippen LogP contribution in [0.1, 0.15) is 25.0 Å². The Balaban J connectivity index is 1.87. The van der Waals surface area contributed by atoms with Gasteiger partial charge in [0.15, 0.2) is 0 Å². The van der Waals surface area contributed by atoms with Crippen molar-refractivity contribution >= 4 is 11.4 Å². The fourth-order valence-corrected chi connectivity index (χ4v) is 2.64. The van der Waals surface area contributed by atoms with E-state index in [0.29, 0.717) is 0 Å². The van der Waals surface area contributed by atoms with Crippen molar-refractivity contribution in [3.8, 4) is 5.75 Å². The molecule has 0 amide bonds. The van der Waals surface area contributed by atoms with Gasteiger partial charge in [0, 0.05) is 36.6 Å². The Morgan fingerprint density at radius 2 is 1.70 bits per heavy atom. The molecular formula is C17H20N2O. The zero-order chi connectivity index (χ0) is 14.1. The number of ether oxygens (including phenoxy) is 1. The van der Waals surface area contributed by atoms with Crippen LogP contribution in [0, 0.1) is 0 Å². The molecule has 2 aromatic carbocycles. The quantitative estimate of drug-likeness (QED) is 0.865. The van der Waals surface area contributed by atoms with E-state index in [1.807, 2.05) is 26.0 Å². The highest BCUT2D eigenvalue weighted by molar-refractivity contribution is 5.62. The molecular weight excluding hydrogens is 248 g/mol. The van der Waals surface area contributed by atoms with Crippen molar-refractivity contribution in [1.82, 2.24) is 0 Å². The molecule has 3 rings (SSSR count). The summed E-state index contributed by atoms with van der Waals surface area (Å²) in [6, 6.07) is 14.5. The molecule has 0 radical (unpaired) electrons. The summed E-state index contributed by atoms with van der Waals surface area (Å²) in [5.41, 5.74) is 10.6. The van der Waals surface area contributed by atoms with Gasteiger partial charge in [-0.25, -0.2) is 0 Å². The number of nitrogen functional groups attached to an aromatic ring is 1. The second kappa shape index (κ2) is 5.08. The molecule has 2 aromatic rings. The van der Waals surface area contributed by atoms with E-state index in [0.717, 1.165) is 30.2 Å². The number of hydrogen-bond acceptors (Lipinski definition) is 3. The molecule has 3 heteroatoms. The minimum absolute atomic E-state index is 0.153. The third kappa shape index (κ3) is 2.57. The second-order valence-electron chi connectivity index (χ2n) is 5.55. The van der Waals surface area contributed by atoms with Crippen LogP contribution in [0.4, 0.5) is 11.4 Å². The summed E-state index contributed by atoms with van der Waals surface area (Å²) in [6.07, 6.45) is 0.153. The predicted octanol–water partition coefficient (Wildman–Crippen LogP) is 3.58. The van der Waals surface area contributed by atoms with Crippen molar-refractivity contribution in [3.05, 3.63) is 53.6 Å². The first kappa shape index (κ1) is 12.9. The molecule has 20 heavy (non-hydrogen) atoms. The van der Waals surface area contributed by atoms with Crippen LogP contribution in [-0.2, 0) is 13.1 Å². The van der Waals surface area contributed by atoms with E-state index in [9.17, 15) is 0 Å². The Labute approximate surface area is 120 Å². The van der Waals surface area contributed by atoms with E-state index in [1.165, 1.54) is 11.1 Å². The van der Waals surface area contributed by atoms with E-state index < -0.39 is 0 Å². The molecule has 0 aromatic heterocycles. The van der Waals surface area contributed by atoms with Gasteiger partial charge >= 0.3 is 0 Å². The van der Waals surface area contributed by atoms with Crippen molar-refractivity contribution in [3.63, 3.8) is 0 Å². The third-order valence-corrected chi connectivity index (χ3v) is 3.49. The van der Waals surface area contributed by atoms with E-state index in [4.69, 9.17) is 10.5 Å². The molecule has 0 spiro atoms. The Kier molecular flexibility index (Phi) is 3.26. The number of anilines is 2. The number of rotatable bonds is 3. The van der Waals surface area contributed by atoms with Crippen LogP contribution in [0.15, 0.2) is 42.5 Å². The van der Waals surface area contributed by atoms with Gasteiger partial charge in [-0.1, -0.05) is 24.3 Å². The fourth-order valence-electron chi connectivity index (χ4n) is 2.64. The Hall–Kier alpha value is -2.16. The monoisotopic (exact) mass is 268 g/mol. The first-order chi connectivity index (χ1) is 9.61. The van der Waals surface area contributed by atoms with Crippen LogP contribution >= 0.6 is 0 Å². The molecule has 0 saturated heterocycles. The highest BCUT2D eigenvalue weighted by Gasteiger charge is 2.19. The largest absolute Gasteiger partial charge is 0.491 e. The van der Waals surface area contributed by atoms with Crippen molar-refractivity contribution in [2.75, 3.05) is 10.6 Å². The number of benzene rings is 2. The molecule has 1 heterocycles. The highest BCUT2D eigenvalue weighted by atomic mass is 16.5. The summed E-state index contributed by atoms with van der Waals surface area (Å²) in [4.78, 5) is 2.33. The van der Waals surface area contributed by atoms with Crippen LogP contribution in [-0.4, -0.2) is 6.10 Å². The zero-order valence-corrected chi connectivity index (χ0v) is 12.0. The molecule has 104 valence electrons.